The summed E-state index contributed by atoms with van der Waals surface area (Å²) in [5.41, 5.74) is 7.19. The van der Waals surface area contributed by atoms with Gasteiger partial charge in [0.1, 0.15) is 5.65 Å². The highest BCUT2D eigenvalue weighted by molar-refractivity contribution is 6.31. The number of anilines is 1. The molecule has 0 fully saturated rings. The molecule has 0 saturated carbocycles. The van der Waals surface area contributed by atoms with Crippen molar-refractivity contribution in [1.29, 1.82) is 0 Å². The van der Waals surface area contributed by atoms with Crippen molar-refractivity contribution in [3.05, 3.63) is 29.4 Å². The van der Waals surface area contributed by atoms with Crippen molar-refractivity contribution >= 4 is 39.5 Å². The second-order valence-electron chi connectivity index (χ2n) is 3.31. The average molecular weight is 219 g/mol. The minimum Gasteiger partial charge on any atom is -0.368 e. The molecule has 5 heteroatoms. The van der Waals surface area contributed by atoms with Gasteiger partial charge in [-0.05, 0) is 12.1 Å². The van der Waals surface area contributed by atoms with E-state index in [1.165, 1.54) is 0 Å². The van der Waals surface area contributed by atoms with Gasteiger partial charge < -0.3 is 10.7 Å². The molecule has 2 aromatic heterocycles. The maximum absolute atomic E-state index is 5.90. The number of aromatic nitrogens is 3. The molecule has 3 N–H and O–H groups in total. The molecule has 4 nitrogen and oxygen atoms in total. The first-order valence-electron chi connectivity index (χ1n) is 4.43. The Morgan fingerprint density at radius 2 is 2.13 bits per heavy atom. The smallest absolute Gasteiger partial charge is 0.221 e. The molecule has 0 saturated heterocycles. The number of hydrogen-bond acceptors (Lipinski definition) is 3. The van der Waals surface area contributed by atoms with Crippen LogP contribution in [0.4, 0.5) is 5.95 Å². The third-order valence-electron chi connectivity index (χ3n) is 2.33. The minimum absolute atomic E-state index is 0.264. The van der Waals surface area contributed by atoms with Crippen LogP contribution in [0.15, 0.2) is 24.4 Å². The van der Waals surface area contributed by atoms with Crippen LogP contribution in [0.2, 0.25) is 5.02 Å². The van der Waals surface area contributed by atoms with E-state index < -0.39 is 0 Å². The summed E-state index contributed by atoms with van der Waals surface area (Å²) in [4.78, 5) is 11.2. The van der Waals surface area contributed by atoms with Gasteiger partial charge in [0.25, 0.3) is 0 Å². The average Bonchev–Trinajstić information content (AvgIpc) is 2.53. The van der Waals surface area contributed by atoms with Crippen LogP contribution < -0.4 is 5.73 Å². The molecular formula is C10H7ClN4. The summed E-state index contributed by atoms with van der Waals surface area (Å²) in [5, 5.41) is 2.69. The Hall–Kier alpha value is -1.81. The van der Waals surface area contributed by atoms with Gasteiger partial charge in [-0.25, -0.2) is 4.98 Å². The van der Waals surface area contributed by atoms with Crippen LogP contribution in [-0.2, 0) is 0 Å². The first-order valence-corrected chi connectivity index (χ1v) is 4.81. The molecule has 0 amide bonds. The quantitative estimate of drug-likeness (QED) is 0.609. The monoisotopic (exact) mass is 218 g/mol. The fraction of sp³-hybridized carbons (Fsp3) is 0. The standard InChI is InChI=1S/C10H7ClN4/c11-5-1-2-6-7-4-13-10(12)15-9(7)14-8(6)3-5/h1-4H,(H3,12,13,14,15). The second kappa shape index (κ2) is 2.84. The van der Waals surface area contributed by atoms with Crippen LogP contribution in [0.5, 0.6) is 0 Å². The Labute approximate surface area is 90.1 Å². The van der Waals surface area contributed by atoms with E-state index in [4.69, 9.17) is 17.3 Å². The third-order valence-corrected chi connectivity index (χ3v) is 2.57. The summed E-state index contributed by atoms with van der Waals surface area (Å²) >= 11 is 5.90. The molecule has 1 aromatic carbocycles. The number of nitrogens with two attached hydrogens (primary N) is 1. The van der Waals surface area contributed by atoms with Crippen molar-refractivity contribution < 1.29 is 0 Å². The fourth-order valence-electron chi connectivity index (χ4n) is 1.67. The van der Waals surface area contributed by atoms with E-state index in [9.17, 15) is 0 Å². The second-order valence-corrected chi connectivity index (χ2v) is 3.74. The normalized spacial score (nSPS) is 11.3. The number of benzene rings is 1. The lowest BCUT2D eigenvalue weighted by molar-refractivity contribution is 1.22. The molecule has 0 radical (unpaired) electrons. The lowest BCUT2D eigenvalue weighted by Gasteiger charge is -1.91. The molecule has 0 aliphatic carbocycles. The van der Waals surface area contributed by atoms with Crippen LogP contribution in [0.3, 0.4) is 0 Å². The van der Waals surface area contributed by atoms with Crippen LogP contribution in [0.1, 0.15) is 0 Å². The molecule has 0 unspecified atom stereocenters. The molecule has 2 heterocycles. The maximum Gasteiger partial charge on any atom is 0.221 e. The van der Waals surface area contributed by atoms with E-state index in [2.05, 4.69) is 15.0 Å². The third kappa shape index (κ3) is 1.22. The number of nitrogen functional groups attached to an aromatic ring is 1. The van der Waals surface area contributed by atoms with Gasteiger partial charge in [0.2, 0.25) is 5.95 Å². The van der Waals surface area contributed by atoms with Crippen molar-refractivity contribution in [2.75, 3.05) is 5.73 Å². The number of halogens is 1. The van der Waals surface area contributed by atoms with Gasteiger partial charge in [-0.2, -0.15) is 4.98 Å². The Morgan fingerprint density at radius 1 is 1.27 bits per heavy atom. The number of H-pyrrole nitrogens is 1. The number of hydrogen-bond donors (Lipinski definition) is 2. The van der Waals surface area contributed by atoms with E-state index in [-0.39, 0.29) is 5.95 Å². The predicted molar refractivity (Wildman–Crippen MR) is 60.8 cm³/mol. The molecule has 0 atom stereocenters. The number of nitrogens with one attached hydrogen (secondary N) is 1. The number of fused-ring (bicyclic) bond motifs is 3. The Bertz CT molecular complexity index is 603. The summed E-state index contributed by atoms with van der Waals surface area (Å²) in [6.07, 6.45) is 1.71. The fourth-order valence-corrected chi connectivity index (χ4v) is 1.84. The first-order chi connectivity index (χ1) is 7.24. The lowest BCUT2D eigenvalue weighted by Crippen LogP contribution is -1.92. The minimum atomic E-state index is 0.264. The molecule has 0 bridgehead atoms. The predicted octanol–water partition coefficient (Wildman–Crippen LogP) is 2.35. The van der Waals surface area contributed by atoms with E-state index in [0.29, 0.717) is 5.02 Å². The van der Waals surface area contributed by atoms with E-state index >= 15 is 0 Å². The molecule has 0 aliphatic rings. The van der Waals surface area contributed by atoms with Gasteiger partial charge in [0, 0.05) is 27.5 Å². The zero-order valence-electron chi connectivity index (χ0n) is 7.66. The highest BCUT2D eigenvalue weighted by Crippen LogP contribution is 2.26. The number of aromatic amines is 1. The van der Waals surface area contributed by atoms with Crippen molar-refractivity contribution in [3.63, 3.8) is 0 Å². The van der Waals surface area contributed by atoms with Gasteiger partial charge in [0.15, 0.2) is 0 Å². The van der Waals surface area contributed by atoms with E-state index in [1.807, 2.05) is 18.2 Å². The molecule has 74 valence electrons. The zero-order valence-corrected chi connectivity index (χ0v) is 8.42. The van der Waals surface area contributed by atoms with Crippen molar-refractivity contribution in [2.45, 2.75) is 0 Å². The van der Waals surface area contributed by atoms with Crippen LogP contribution in [0, 0.1) is 0 Å². The first kappa shape index (κ1) is 8.49. The van der Waals surface area contributed by atoms with Gasteiger partial charge >= 0.3 is 0 Å². The Kier molecular flexibility index (Phi) is 1.61. The molecule has 0 spiro atoms. The highest BCUT2D eigenvalue weighted by Gasteiger charge is 2.06. The summed E-state index contributed by atoms with van der Waals surface area (Å²) < 4.78 is 0. The Balaban J connectivity index is 2.51. The Morgan fingerprint density at radius 3 is 3.00 bits per heavy atom. The topological polar surface area (TPSA) is 67.6 Å². The van der Waals surface area contributed by atoms with Gasteiger partial charge in [-0.15, -0.1) is 0 Å². The van der Waals surface area contributed by atoms with Crippen molar-refractivity contribution in [2.24, 2.45) is 0 Å². The maximum atomic E-state index is 5.90. The van der Waals surface area contributed by atoms with Gasteiger partial charge in [-0.3, -0.25) is 0 Å². The van der Waals surface area contributed by atoms with Gasteiger partial charge in [0.05, 0.1) is 0 Å². The van der Waals surface area contributed by atoms with Crippen molar-refractivity contribution in [1.82, 2.24) is 15.0 Å². The van der Waals surface area contributed by atoms with Gasteiger partial charge in [-0.1, -0.05) is 17.7 Å². The molecule has 3 aromatic rings. The van der Waals surface area contributed by atoms with Crippen LogP contribution in [-0.4, -0.2) is 15.0 Å². The van der Waals surface area contributed by atoms with E-state index in [0.717, 1.165) is 21.9 Å². The zero-order chi connectivity index (χ0) is 10.4. The number of rotatable bonds is 0. The summed E-state index contributed by atoms with van der Waals surface area (Å²) in [5.74, 6) is 0.264. The van der Waals surface area contributed by atoms with Crippen LogP contribution in [0.25, 0.3) is 21.9 Å². The summed E-state index contributed by atoms with van der Waals surface area (Å²) in [6.45, 7) is 0. The molecule has 15 heavy (non-hydrogen) atoms. The number of nitrogens with zero attached hydrogens (tertiary/aromatic N) is 2. The van der Waals surface area contributed by atoms with E-state index in [1.54, 1.807) is 6.20 Å². The lowest BCUT2D eigenvalue weighted by atomic mass is 10.2. The highest BCUT2D eigenvalue weighted by atomic mass is 35.5. The SMILES string of the molecule is Nc1ncc2c(n1)[nH]c1cc(Cl)ccc12. The van der Waals surface area contributed by atoms with Crippen molar-refractivity contribution in [3.8, 4) is 0 Å². The largest absolute Gasteiger partial charge is 0.368 e. The summed E-state index contributed by atoms with van der Waals surface area (Å²) in [6, 6.07) is 5.64. The summed E-state index contributed by atoms with van der Waals surface area (Å²) in [7, 11) is 0. The van der Waals surface area contributed by atoms with Crippen LogP contribution >= 0.6 is 11.6 Å². The molecule has 0 aliphatic heterocycles. The molecular weight excluding hydrogens is 212 g/mol. The molecule has 3 rings (SSSR count).